The van der Waals surface area contributed by atoms with Gasteiger partial charge in [0.25, 0.3) is 5.91 Å². The maximum absolute atomic E-state index is 11.6. The van der Waals surface area contributed by atoms with Gasteiger partial charge in [-0.3, -0.25) is 4.79 Å². The van der Waals surface area contributed by atoms with E-state index in [0.29, 0.717) is 4.60 Å². The third kappa shape index (κ3) is 3.79. The number of carboxylic acids is 1. The van der Waals surface area contributed by atoms with Crippen molar-refractivity contribution in [2.45, 2.75) is 19.1 Å². The number of aliphatic hydroxyl groups excluding tert-OH is 1. The molecule has 1 heterocycles. The summed E-state index contributed by atoms with van der Waals surface area (Å²) in [5.74, 6) is -1.96. The molecule has 0 aliphatic rings. The number of aliphatic carboxylic acids is 1. The Balaban J connectivity index is 2.81. The van der Waals surface area contributed by atoms with Crippen molar-refractivity contribution in [2.24, 2.45) is 0 Å². The minimum absolute atomic E-state index is 0.0753. The zero-order chi connectivity index (χ0) is 13.0. The average Bonchev–Trinajstić information content (AvgIpc) is 2.24. The number of hydrogen-bond donors (Lipinski definition) is 3. The Morgan fingerprint density at radius 2 is 2.12 bits per heavy atom. The molecule has 17 heavy (non-hydrogen) atoms. The number of hydrogen-bond acceptors (Lipinski definition) is 4. The van der Waals surface area contributed by atoms with Gasteiger partial charge in [0.2, 0.25) is 0 Å². The maximum atomic E-state index is 11.6. The van der Waals surface area contributed by atoms with E-state index in [4.69, 9.17) is 5.11 Å². The van der Waals surface area contributed by atoms with E-state index in [0.717, 1.165) is 0 Å². The molecule has 92 valence electrons. The van der Waals surface area contributed by atoms with Gasteiger partial charge < -0.3 is 15.5 Å². The first-order valence-corrected chi connectivity index (χ1v) is 5.55. The number of rotatable bonds is 4. The van der Waals surface area contributed by atoms with E-state index >= 15 is 0 Å². The maximum Gasteiger partial charge on any atom is 0.328 e. The van der Waals surface area contributed by atoms with E-state index in [9.17, 15) is 14.7 Å². The molecule has 1 rings (SSSR count). The lowest BCUT2D eigenvalue weighted by atomic mass is 10.2. The van der Waals surface area contributed by atoms with Gasteiger partial charge in [-0.2, -0.15) is 0 Å². The van der Waals surface area contributed by atoms with Gasteiger partial charge in [0.05, 0.1) is 6.10 Å². The normalized spacial score (nSPS) is 13.8. The van der Waals surface area contributed by atoms with Crippen LogP contribution in [0, 0.1) is 0 Å². The van der Waals surface area contributed by atoms with Crippen LogP contribution in [-0.2, 0) is 4.79 Å². The third-order valence-electron chi connectivity index (χ3n) is 1.98. The van der Waals surface area contributed by atoms with Crippen molar-refractivity contribution >= 4 is 27.8 Å². The van der Waals surface area contributed by atoms with Crippen molar-refractivity contribution in [3.05, 3.63) is 28.5 Å². The topological polar surface area (TPSA) is 99.5 Å². The number of aliphatic hydroxyl groups is 1. The molecule has 0 saturated heterocycles. The Labute approximate surface area is 106 Å². The highest BCUT2D eigenvalue weighted by atomic mass is 79.9. The van der Waals surface area contributed by atoms with Crippen molar-refractivity contribution in [1.82, 2.24) is 10.3 Å². The monoisotopic (exact) mass is 302 g/mol. The Morgan fingerprint density at radius 1 is 1.47 bits per heavy atom. The van der Waals surface area contributed by atoms with Crippen molar-refractivity contribution in [3.8, 4) is 0 Å². The van der Waals surface area contributed by atoms with Gasteiger partial charge in [0, 0.05) is 0 Å². The van der Waals surface area contributed by atoms with Crippen LogP contribution in [0.1, 0.15) is 17.4 Å². The Kier molecular flexibility index (Phi) is 4.59. The van der Waals surface area contributed by atoms with Crippen molar-refractivity contribution in [2.75, 3.05) is 0 Å². The molecule has 0 fully saturated rings. The van der Waals surface area contributed by atoms with Crippen molar-refractivity contribution < 1.29 is 19.8 Å². The second-order valence-electron chi connectivity index (χ2n) is 3.38. The van der Waals surface area contributed by atoms with Gasteiger partial charge in [-0.25, -0.2) is 9.78 Å². The molecule has 1 amide bonds. The van der Waals surface area contributed by atoms with Crippen molar-refractivity contribution in [3.63, 3.8) is 0 Å². The molecule has 6 nitrogen and oxygen atoms in total. The van der Waals surface area contributed by atoms with Crippen LogP contribution in [0.2, 0.25) is 0 Å². The molecule has 7 heteroatoms. The van der Waals surface area contributed by atoms with Crippen LogP contribution in [0.3, 0.4) is 0 Å². The highest BCUT2D eigenvalue weighted by Crippen LogP contribution is 2.06. The largest absolute Gasteiger partial charge is 0.480 e. The number of nitrogens with one attached hydrogen (secondary N) is 1. The predicted molar refractivity (Wildman–Crippen MR) is 62.5 cm³/mol. The highest BCUT2D eigenvalue weighted by Gasteiger charge is 2.25. The second kappa shape index (κ2) is 5.74. The van der Waals surface area contributed by atoms with Crippen LogP contribution >= 0.6 is 15.9 Å². The molecule has 3 N–H and O–H groups in total. The number of amides is 1. The summed E-state index contributed by atoms with van der Waals surface area (Å²) >= 11 is 3.10. The molecular formula is C10H11BrN2O4. The Bertz CT molecular complexity index is 436. The number of pyridine rings is 1. The summed E-state index contributed by atoms with van der Waals surface area (Å²) in [5, 5.41) is 20.2. The Morgan fingerprint density at radius 3 is 2.59 bits per heavy atom. The van der Waals surface area contributed by atoms with Gasteiger partial charge in [-0.15, -0.1) is 0 Å². The van der Waals surface area contributed by atoms with E-state index in [2.05, 4.69) is 26.2 Å². The highest BCUT2D eigenvalue weighted by molar-refractivity contribution is 9.10. The zero-order valence-electron chi connectivity index (χ0n) is 8.92. The fraction of sp³-hybridized carbons (Fsp3) is 0.300. The average molecular weight is 303 g/mol. The summed E-state index contributed by atoms with van der Waals surface area (Å²) in [4.78, 5) is 26.3. The van der Waals surface area contributed by atoms with E-state index in [1.54, 1.807) is 12.1 Å². The van der Waals surface area contributed by atoms with Crippen LogP contribution in [-0.4, -0.2) is 39.2 Å². The van der Waals surface area contributed by atoms with Gasteiger partial charge >= 0.3 is 5.97 Å². The lowest BCUT2D eigenvalue weighted by molar-refractivity contribution is -0.141. The van der Waals surface area contributed by atoms with E-state index in [1.165, 1.54) is 13.0 Å². The summed E-state index contributed by atoms with van der Waals surface area (Å²) < 4.78 is 0.467. The molecule has 0 spiro atoms. The van der Waals surface area contributed by atoms with Gasteiger partial charge in [0.1, 0.15) is 10.3 Å². The van der Waals surface area contributed by atoms with Crippen LogP contribution in [0.15, 0.2) is 22.8 Å². The molecule has 0 aromatic carbocycles. The third-order valence-corrected chi connectivity index (χ3v) is 2.42. The SMILES string of the molecule is C[C@@H](O)[C@H](NC(=O)c1cccc(Br)n1)C(=O)O. The molecule has 0 aliphatic heterocycles. The first kappa shape index (κ1) is 13.6. The Hall–Kier alpha value is -1.47. The minimum atomic E-state index is -1.36. The van der Waals surface area contributed by atoms with E-state index in [1.807, 2.05) is 0 Å². The van der Waals surface area contributed by atoms with E-state index in [-0.39, 0.29) is 5.69 Å². The number of nitrogens with zero attached hydrogens (tertiary/aromatic N) is 1. The number of aromatic nitrogens is 1. The van der Waals surface area contributed by atoms with E-state index < -0.39 is 24.0 Å². The smallest absolute Gasteiger partial charge is 0.328 e. The zero-order valence-corrected chi connectivity index (χ0v) is 10.5. The lowest BCUT2D eigenvalue weighted by Gasteiger charge is -2.16. The van der Waals surface area contributed by atoms with Gasteiger partial charge in [-0.1, -0.05) is 6.07 Å². The van der Waals surface area contributed by atoms with Gasteiger partial charge in [0.15, 0.2) is 6.04 Å². The fourth-order valence-electron chi connectivity index (χ4n) is 1.14. The second-order valence-corrected chi connectivity index (χ2v) is 4.19. The predicted octanol–water partition coefficient (Wildman–Crippen LogP) is 0.408. The quantitative estimate of drug-likeness (QED) is 0.700. The van der Waals surface area contributed by atoms with Gasteiger partial charge in [-0.05, 0) is 35.0 Å². The molecule has 0 aliphatic carbocycles. The number of carbonyl (C=O) groups is 2. The number of halogens is 1. The standard InChI is InChI=1S/C10H11BrN2O4/c1-5(14)8(10(16)17)13-9(15)6-3-2-4-7(11)12-6/h2-5,8,14H,1H3,(H,13,15)(H,16,17)/t5-,8+/m1/s1. The summed E-state index contributed by atoms with van der Waals surface area (Å²) in [5.41, 5.74) is 0.0753. The molecule has 0 radical (unpaired) electrons. The molecule has 1 aromatic rings. The van der Waals surface area contributed by atoms with Crippen molar-refractivity contribution in [1.29, 1.82) is 0 Å². The summed E-state index contributed by atoms with van der Waals surface area (Å²) in [7, 11) is 0. The molecule has 2 atom stereocenters. The summed E-state index contributed by atoms with van der Waals surface area (Å²) in [6, 6.07) is 3.33. The molecular weight excluding hydrogens is 292 g/mol. The fourth-order valence-corrected chi connectivity index (χ4v) is 1.48. The summed E-state index contributed by atoms with van der Waals surface area (Å²) in [6.45, 7) is 1.29. The lowest BCUT2D eigenvalue weighted by Crippen LogP contribution is -2.47. The number of carboxylic acid groups (broad SMARTS) is 1. The van der Waals surface area contributed by atoms with Crippen LogP contribution in [0.25, 0.3) is 0 Å². The minimum Gasteiger partial charge on any atom is -0.480 e. The molecule has 0 unspecified atom stereocenters. The first-order chi connectivity index (χ1) is 7.91. The number of carbonyl (C=O) groups excluding carboxylic acids is 1. The molecule has 0 bridgehead atoms. The molecule has 1 aromatic heterocycles. The van der Waals surface area contributed by atoms with Crippen LogP contribution in [0.5, 0.6) is 0 Å². The molecule has 0 saturated carbocycles. The van der Waals surface area contributed by atoms with Crippen LogP contribution in [0.4, 0.5) is 0 Å². The first-order valence-electron chi connectivity index (χ1n) is 4.76. The van der Waals surface area contributed by atoms with Crippen LogP contribution < -0.4 is 5.32 Å². The summed E-state index contributed by atoms with van der Waals surface area (Å²) in [6.07, 6.45) is -1.19.